The highest BCUT2D eigenvalue weighted by molar-refractivity contribution is 5.95. The third kappa shape index (κ3) is 4.24. The predicted molar refractivity (Wildman–Crippen MR) is 75.0 cm³/mol. The number of benzene rings is 1. The Labute approximate surface area is 122 Å². The van der Waals surface area contributed by atoms with E-state index in [0.29, 0.717) is 31.9 Å². The molecule has 1 saturated heterocycles. The number of nitrogens with two attached hydrogens (primary N) is 1. The van der Waals surface area contributed by atoms with E-state index >= 15 is 0 Å². The number of carbonyl (C=O) groups is 2. The normalized spacial score (nSPS) is 18.7. The average Bonchev–Trinajstić information content (AvgIpc) is 2.46. The van der Waals surface area contributed by atoms with Crippen LogP contribution in [0.3, 0.4) is 0 Å². The molecule has 21 heavy (non-hydrogen) atoms. The molecule has 6 nitrogen and oxygen atoms in total. The number of halogens is 1. The van der Waals surface area contributed by atoms with Crippen LogP contribution in [0, 0.1) is 5.82 Å². The number of anilines is 1. The number of morpholine rings is 1. The standard InChI is InChI=1S/C14H18FN3O3/c15-10-1-3-11(4-2-10)17-13(19)9-12-14(20)18(6-5-16)7-8-21-12/h1-4,12H,5-9,16H2,(H,17,19)/t12-/m0/s1. The molecule has 2 amide bonds. The van der Waals surface area contributed by atoms with Crippen LogP contribution in [-0.2, 0) is 14.3 Å². The van der Waals surface area contributed by atoms with Gasteiger partial charge in [-0.2, -0.15) is 0 Å². The van der Waals surface area contributed by atoms with Crippen LogP contribution in [0.15, 0.2) is 24.3 Å². The SMILES string of the molecule is NCCN1CCO[C@@H](CC(=O)Nc2ccc(F)cc2)C1=O. The van der Waals surface area contributed by atoms with Gasteiger partial charge in [0.05, 0.1) is 13.0 Å². The molecule has 0 saturated carbocycles. The average molecular weight is 295 g/mol. The van der Waals surface area contributed by atoms with Crippen LogP contribution in [0.25, 0.3) is 0 Å². The van der Waals surface area contributed by atoms with E-state index < -0.39 is 6.10 Å². The van der Waals surface area contributed by atoms with Gasteiger partial charge in [-0.3, -0.25) is 9.59 Å². The second-order valence-corrected chi connectivity index (χ2v) is 4.73. The highest BCUT2D eigenvalue weighted by atomic mass is 19.1. The van der Waals surface area contributed by atoms with E-state index in [9.17, 15) is 14.0 Å². The van der Waals surface area contributed by atoms with Crippen molar-refractivity contribution in [3.05, 3.63) is 30.1 Å². The number of nitrogens with one attached hydrogen (secondary N) is 1. The molecule has 7 heteroatoms. The molecule has 114 valence electrons. The summed E-state index contributed by atoms with van der Waals surface area (Å²) < 4.78 is 18.1. The molecule has 1 aliphatic rings. The van der Waals surface area contributed by atoms with Crippen molar-refractivity contribution in [3.8, 4) is 0 Å². The topological polar surface area (TPSA) is 84.7 Å². The first-order valence-corrected chi connectivity index (χ1v) is 6.76. The fourth-order valence-corrected chi connectivity index (χ4v) is 2.13. The van der Waals surface area contributed by atoms with Gasteiger partial charge in [0.15, 0.2) is 0 Å². The molecule has 0 aromatic heterocycles. The summed E-state index contributed by atoms with van der Waals surface area (Å²) in [6, 6.07) is 5.41. The van der Waals surface area contributed by atoms with Crippen molar-refractivity contribution >= 4 is 17.5 Å². The van der Waals surface area contributed by atoms with Crippen LogP contribution >= 0.6 is 0 Å². The lowest BCUT2D eigenvalue weighted by Gasteiger charge is -2.31. The van der Waals surface area contributed by atoms with Crippen molar-refractivity contribution in [2.24, 2.45) is 5.73 Å². The number of ether oxygens (including phenoxy) is 1. The summed E-state index contributed by atoms with van der Waals surface area (Å²) in [5.74, 6) is -0.952. The largest absolute Gasteiger partial charge is 0.366 e. The lowest BCUT2D eigenvalue weighted by molar-refractivity contribution is -0.154. The lowest BCUT2D eigenvalue weighted by Crippen LogP contribution is -2.50. The maximum absolute atomic E-state index is 12.8. The number of hydrogen-bond acceptors (Lipinski definition) is 4. The maximum Gasteiger partial charge on any atom is 0.252 e. The van der Waals surface area contributed by atoms with Crippen molar-refractivity contribution < 1.29 is 18.7 Å². The Morgan fingerprint density at radius 1 is 1.43 bits per heavy atom. The van der Waals surface area contributed by atoms with Gasteiger partial charge in [-0.15, -0.1) is 0 Å². The molecule has 0 unspecified atom stereocenters. The Morgan fingerprint density at radius 3 is 2.81 bits per heavy atom. The smallest absolute Gasteiger partial charge is 0.252 e. The van der Waals surface area contributed by atoms with Crippen LogP contribution in [0.2, 0.25) is 0 Å². The third-order valence-electron chi connectivity index (χ3n) is 3.17. The van der Waals surface area contributed by atoms with Crippen LogP contribution < -0.4 is 11.1 Å². The quantitative estimate of drug-likeness (QED) is 0.820. The maximum atomic E-state index is 12.8. The van der Waals surface area contributed by atoms with Gasteiger partial charge in [-0.1, -0.05) is 0 Å². The Balaban J connectivity index is 1.89. The number of hydrogen-bond donors (Lipinski definition) is 2. The van der Waals surface area contributed by atoms with Crippen molar-refractivity contribution in [2.45, 2.75) is 12.5 Å². The first-order chi connectivity index (χ1) is 10.1. The summed E-state index contributed by atoms with van der Waals surface area (Å²) in [6.45, 7) is 1.71. The lowest BCUT2D eigenvalue weighted by atomic mass is 10.1. The molecule has 1 aromatic carbocycles. The number of rotatable bonds is 5. The zero-order valence-corrected chi connectivity index (χ0v) is 11.5. The summed E-state index contributed by atoms with van der Waals surface area (Å²) in [4.78, 5) is 25.6. The van der Waals surface area contributed by atoms with Gasteiger partial charge in [-0.05, 0) is 24.3 Å². The molecule has 1 heterocycles. The fourth-order valence-electron chi connectivity index (χ4n) is 2.13. The van der Waals surface area contributed by atoms with Crippen LogP contribution in [-0.4, -0.2) is 49.1 Å². The molecule has 1 fully saturated rings. The Hall–Kier alpha value is -1.99. The second kappa shape index (κ2) is 7.14. The monoisotopic (exact) mass is 295 g/mol. The van der Waals surface area contributed by atoms with E-state index in [1.807, 2.05) is 0 Å². The van der Waals surface area contributed by atoms with Gasteiger partial charge in [0, 0.05) is 25.3 Å². The molecule has 0 radical (unpaired) electrons. The van der Waals surface area contributed by atoms with E-state index in [1.165, 1.54) is 24.3 Å². The van der Waals surface area contributed by atoms with Crippen molar-refractivity contribution in [1.29, 1.82) is 0 Å². The Bertz CT molecular complexity index is 505. The minimum atomic E-state index is -0.786. The Kier molecular flexibility index (Phi) is 5.24. The van der Waals surface area contributed by atoms with E-state index in [2.05, 4.69) is 5.32 Å². The summed E-state index contributed by atoms with van der Waals surface area (Å²) in [6.07, 6.45) is -0.858. The number of amides is 2. The van der Waals surface area contributed by atoms with Crippen LogP contribution in [0.1, 0.15) is 6.42 Å². The summed E-state index contributed by atoms with van der Waals surface area (Å²) in [5, 5.41) is 2.60. The van der Waals surface area contributed by atoms with Gasteiger partial charge >= 0.3 is 0 Å². The van der Waals surface area contributed by atoms with Crippen molar-refractivity contribution in [1.82, 2.24) is 4.90 Å². The second-order valence-electron chi connectivity index (χ2n) is 4.73. The molecule has 3 N–H and O–H groups in total. The van der Waals surface area contributed by atoms with Gasteiger partial charge < -0.3 is 20.7 Å². The van der Waals surface area contributed by atoms with Gasteiger partial charge in [0.25, 0.3) is 5.91 Å². The zero-order valence-electron chi connectivity index (χ0n) is 11.5. The first kappa shape index (κ1) is 15.4. The molecular weight excluding hydrogens is 277 g/mol. The fraction of sp³-hybridized carbons (Fsp3) is 0.429. The zero-order chi connectivity index (χ0) is 15.2. The van der Waals surface area contributed by atoms with Crippen LogP contribution in [0.4, 0.5) is 10.1 Å². The van der Waals surface area contributed by atoms with Gasteiger partial charge in [-0.25, -0.2) is 4.39 Å². The number of nitrogens with zero attached hydrogens (tertiary/aromatic N) is 1. The Morgan fingerprint density at radius 2 is 2.14 bits per heavy atom. The minimum absolute atomic E-state index is 0.0721. The molecule has 0 aliphatic carbocycles. The summed E-state index contributed by atoms with van der Waals surface area (Å²) >= 11 is 0. The van der Waals surface area contributed by atoms with Gasteiger partial charge in [0.1, 0.15) is 11.9 Å². The van der Waals surface area contributed by atoms with Crippen LogP contribution in [0.5, 0.6) is 0 Å². The molecular formula is C14H18FN3O3. The van der Waals surface area contributed by atoms with Gasteiger partial charge in [0.2, 0.25) is 5.91 Å². The molecule has 1 aliphatic heterocycles. The van der Waals surface area contributed by atoms with E-state index in [0.717, 1.165) is 0 Å². The summed E-state index contributed by atoms with van der Waals surface area (Å²) in [7, 11) is 0. The van der Waals surface area contributed by atoms with Crippen molar-refractivity contribution in [2.75, 3.05) is 31.6 Å². The predicted octanol–water partition coefficient (Wildman–Crippen LogP) is 0.340. The first-order valence-electron chi connectivity index (χ1n) is 6.76. The molecule has 1 atom stereocenters. The molecule has 1 aromatic rings. The highest BCUT2D eigenvalue weighted by Gasteiger charge is 2.30. The van der Waals surface area contributed by atoms with E-state index in [1.54, 1.807) is 4.90 Å². The summed E-state index contributed by atoms with van der Waals surface area (Å²) in [5.41, 5.74) is 5.91. The molecule has 2 rings (SSSR count). The number of carbonyl (C=O) groups excluding carboxylic acids is 2. The highest BCUT2D eigenvalue weighted by Crippen LogP contribution is 2.13. The third-order valence-corrected chi connectivity index (χ3v) is 3.17. The van der Waals surface area contributed by atoms with E-state index in [4.69, 9.17) is 10.5 Å². The molecule has 0 spiro atoms. The van der Waals surface area contributed by atoms with E-state index in [-0.39, 0.29) is 24.1 Å². The van der Waals surface area contributed by atoms with Crippen molar-refractivity contribution in [3.63, 3.8) is 0 Å². The minimum Gasteiger partial charge on any atom is -0.366 e. The molecule has 0 bridgehead atoms.